The predicted octanol–water partition coefficient (Wildman–Crippen LogP) is 4.52. The largest absolute Gasteiger partial charge is 0.496 e. The summed E-state index contributed by atoms with van der Waals surface area (Å²) in [5.74, 6) is 1.50. The summed E-state index contributed by atoms with van der Waals surface area (Å²) in [6, 6.07) is 14.5. The highest BCUT2D eigenvalue weighted by atomic mass is 16.6. The number of amides is 2. The van der Waals surface area contributed by atoms with Crippen molar-refractivity contribution in [2.75, 3.05) is 20.2 Å². The van der Waals surface area contributed by atoms with Crippen LogP contribution in [0.4, 0.5) is 4.79 Å². The van der Waals surface area contributed by atoms with Gasteiger partial charge < -0.3 is 24.8 Å². The molecule has 7 heteroatoms. The van der Waals surface area contributed by atoms with Crippen LogP contribution in [0.15, 0.2) is 48.5 Å². The summed E-state index contributed by atoms with van der Waals surface area (Å²) in [4.78, 5) is 24.0. The van der Waals surface area contributed by atoms with E-state index in [1.807, 2.05) is 51.1 Å². The first kappa shape index (κ1) is 23.1. The number of hydrogen-bond acceptors (Lipinski definition) is 5. The van der Waals surface area contributed by atoms with Crippen molar-refractivity contribution < 1.29 is 23.8 Å². The zero-order valence-corrected chi connectivity index (χ0v) is 18.0. The molecule has 0 spiro atoms. The van der Waals surface area contributed by atoms with Crippen LogP contribution in [0, 0.1) is 0 Å². The molecule has 2 aromatic rings. The number of unbranched alkanes of at least 4 members (excludes halogenated alkanes) is 1. The van der Waals surface area contributed by atoms with Crippen LogP contribution in [0.25, 0.3) is 0 Å². The van der Waals surface area contributed by atoms with E-state index in [1.54, 1.807) is 18.2 Å². The maximum Gasteiger partial charge on any atom is 0.407 e. The Labute approximate surface area is 177 Å². The van der Waals surface area contributed by atoms with E-state index in [0.717, 1.165) is 12.8 Å². The number of alkyl carbamates (subject to hydrolysis) is 1. The first-order valence-corrected chi connectivity index (χ1v) is 9.94. The number of carbonyl (C=O) groups is 2. The van der Waals surface area contributed by atoms with Gasteiger partial charge in [0.15, 0.2) is 0 Å². The topological polar surface area (TPSA) is 85.9 Å². The van der Waals surface area contributed by atoms with Gasteiger partial charge in [-0.15, -0.1) is 0 Å². The minimum absolute atomic E-state index is 0.224. The molecule has 2 rings (SSSR count). The molecule has 2 aromatic carbocycles. The summed E-state index contributed by atoms with van der Waals surface area (Å²) in [6.07, 6.45) is 1.01. The summed E-state index contributed by atoms with van der Waals surface area (Å²) in [5, 5.41) is 5.56. The molecular weight excluding hydrogens is 384 g/mol. The SMILES string of the molecule is COc1cc(Oc2ccccc2)ccc1C(=O)NCCCCNC(=O)OC(C)(C)C. The van der Waals surface area contributed by atoms with Gasteiger partial charge in [0.1, 0.15) is 22.8 Å². The minimum Gasteiger partial charge on any atom is -0.496 e. The monoisotopic (exact) mass is 414 g/mol. The van der Waals surface area contributed by atoms with Crippen LogP contribution in [-0.4, -0.2) is 37.8 Å². The Balaban J connectivity index is 1.77. The Bertz CT molecular complexity index is 831. The smallest absolute Gasteiger partial charge is 0.407 e. The highest BCUT2D eigenvalue weighted by Crippen LogP contribution is 2.28. The normalized spacial score (nSPS) is 10.8. The summed E-state index contributed by atoms with van der Waals surface area (Å²) < 4.78 is 16.3. The third-order valence-corrected chi connectivity index (χ3v) is 3.95. The molecule has 30 heavy (non-hydrogen) atoms. The first-order valence-electron chi connectivity index (χ1n) is 9.94. The van der Waals surface area contributed by atoms with Crippen molar-refractivity contribution in [2.24, 2.45) is 0 Å². The van der Waals surface area contributed by atoms with Gasteiger partial charge in [-0.1, -0.05) is 18.2 Å². The lowest BCUT2D eigenvalue weighted by Gasteiger charge is -2.19. The summed E-state index contributed by atoms with van der Waals surface area (Å²) in [6.45, 7) is 6.42. The molecule has 0 bridgehead atoms. The standard InChI is InChI=1S/C23H30N2O5/c1-23(2,3)30-22(27)25-15-9-8-14-24-21(26)19-13-12-18(16-20(19)28-4)29-17-10-6-5-7-11-17/h5-7,10-13,16H,8-9,14-15H2,1-4H3,(H,24,26)(H,25,27). The van der Waals surface area contributed by atoms with Crippen molar-refractivity contribution in [2.45, 2.75) is 39.2 Å². The predicted molar refractivity (Wildman–Crippen MR) is 115 cm³/mol. The Morgan fingerprint density at radius 1 is 0.900 bits per heavy atom. The van der Waals surface area contributed by atoms with Gasteiger partial charge in [0, 0.05) is 19.2 Å². The number of nitrogens with one attached hydrogen (secondary N) is 2. The van der Waals surface area contributed by atoms with Gasteiger partial charge in [-0.05, 0) is 57.9 Å². The Morgan fingerprint density at radius 3 is 2.20 bits per heavy atom. The molecule has 0 aliphatic carbocycles. The molecule has 0 aromatic heterocycles. The van der Waals surface area contributed by atoms with Gasteiger partial charge >= 0.3 is 6.09 Å². The summed E-state index contributed by atoms with van der Waals surface area (Å²) in [7, 11) is 1.51. The molecule has 0 saturated carbocycles. The van der Waals surface area contributed by atoms with E-state index in [0.29, 0.717) is 35.9 Å². The maximum absolute atomic E-state index is 12.5. The highest BCUT2D eigenvalue weighted by molar-refractivity contribution is 5.97. The number of hydrogen-bond donors (Lipinski definition) is 2. The lowest BCUT2D eigenvalue weighted by molar-refractivity contribution is 0.0526. The molecule has 0 unspecified atom stereocenters. The van der Waals surface area contributed by atoms with Crippen LogP contribution in [0.5, 0.6) is 17.2 Å². The van der Waals surface area contributed by atoms with Gasteiger partial charge in [0.05, 0.1) is 12.7 Å². The second-order valence-electron chi connectivity index (χ2n) is 7.67. The van der Waals surface area contributed by atoms with Gasteiger partial charge in [-0.2, -0.15) is 0 Å². The minimum atomic E-state index is -0.515. The molecule has 2 amide bonds. The quantitative estimate of drug-likeness (QED) is 0.589. The maximum atomic E-state index is 12.5. The van der Waals surface area contributed by atoms with E-state index < -0.39 is 11.7 Å². The van der Waals surface area contributed by atoms with Crippen molar-refractivity contribution in [3.63, 3.8) is 0 Å². The molecule has 7 nitrogen and oxygen atoms in total. The van der Waals surface area contributed by atoms with Crippen LogP contribution < -0.4 is 20.1 Å². The van der Waals surface area contributed by atoms with Crippen LogP contribution >= 0.6 is 0 Å². The van der Waals surface area contributed by atoms with E-state index >= 15 is 0 Å². The van der Waals surface area contributed by atoms with Gasteiger partial charge in [-0.3, -0.25) is 4.79 Å². The molecule has 0 fully saturated rings. The Morgan fingerprint density at radius 2 is 1.57 bits per heavy atom. The fourth-order valence-electron chi connectivity index (χ4n) is 2.60. The molecule has 0 aliphatic rings. The van der Waals surface area contributed by atoms with Crippen molar-refractivity contribution in [1.29, 1.82) is 0 Å². The van der Waals surface area contributed by atoms with E-state index in [2.05, 4.69) is 10.6 Å². The molecule has 0 atom stereocenters. The molecule has 0 saturated heterocycles. The molecular formula is C23H30N2O5. The van der Waals surface area contributed by atoms with Gasteiger partial charge in [-0.25, -0.2) is 4.79 Å². The second kappa shape index (κ2) is 11.1. The van der Waals surface area contributed by atoms with Gasteiger partial charge in [0.2, 0.25) is 0 Å². The van der Waals surface area contributed by atoms with Crippen LogP contribution in [0.1, 0.15) is 44.0 Å². The fraction of sp³-hybridized carbons (Fsp3) is 0.391. The Hall–Kier alpha value is -3.22. The zero-order valence-electron chi connectivity index (χ0n) is 18.0. The third kappa shape index (κ3) is 8.03. The van der Waals surface area contributed by atoms with E-state index in [1.165, 1.54) is 7.11 Å². The average molecular weight is 415 g/mol. The van der Waals surface area contributed by atoms with Crippen molar-refractivity contribution in [3.8, 4) is 17.2 Å². The average Bonchev–Trinajstić information content (AvgIpc) is 2.69. The van der Waals surface area contributed by atoms with Crippen molar-refractivity contribution >= 4 is 12.0 Å². The lowest BCUT2D eigenvalue weighted by atomic mass is 10.1. The number of methoxy groups -OCH3 is 1. The summed E-state index contributed by atoms with van der Waals surface area (Å²) in [5.41, 5.74) is -0.0801. The van der Waals surface area contributed by atoms with Crippen LogP contribution in [0.3, 0.4) is 0 Å². The molecule has 2 N–H and O–H groups in total. The second-order valence-corrected chi connectivity index (χ2v) is 7.67. The first-order chi connectivity index (χ1) is 14.3. The molecule has 0 radical (unpaired) electrons. The number of para-hydroxylation sites is 1. The number of carbonyl (C=O) groups excluding carboxylic acids is 2. The highest BCUT2D eigenvalue weighted by Gasteiger charge is 2.16. The van der Waals surface area contributed by atoms with Crippen LogP contribution in [0.2, 0.25) is 0 Å². The number of rotatable bonds is 9. The van der Waals surface area contributed by atoms with E-state index in [9.17, 15) is 9.59 Å². The number of benzene rings is 2. The number of ether oxygens (including phenoxy) is 3. The van der Waals surface area contributed by atoms with Crippen LogP contribution in [-0.2, 0) is 4.74 Å². The van der Waals surface area contributed by atoms with Crippen molar-refractivity contribution in [3.05, 3.63) is 54.1 Å². The summed E-state index contributed by atoms with van der Waals surface area (Å²) >= 11 is 0. The molecule has 162 valence electrons. The Kier molecular flexibility index (Phi) is 8.53. The fourth-order valence-corrected chi connectivity index (χ4v) is 2.60. The molecule has 0 heterocycles. The zero-order chi connectivity index (χ0) is 22.0. The van der Waals surface area contributed by atoms with E-state index in [-0.39, 0.29) is 5.91 Å². The third-order valence-electron chi connectivity index (χ3n) is 3.95. The van der Waals surface area contributed by atoms with Crippen molar-refractivity contribution in [1.82, 2.24) is 10.6 Å². The van der Waals surface area contributed by atoms with Gasteiger partial charge in [0.25, 0.3) is 5.91 Å². The molecule has 0 aliphatic heterocycles. The van der Waals surface area contributed by atoms with E-state index in [4.69, 9.17) is 14.2 Å². The lowest BCUT2D eigenvalue weighted by Crippen LogP contribution is -2.33.